The third kappa shape index (κ3) is 4.15. The van der Waals surface area contributed by atoms with E-state index in [1.54, 1.807) is 30.3 Å². The molecule has 0 heterocycles. The van der Waals surface area contributed by atoms with Gasteiger partial charge >= 0.3 is 0 Å². The van der Waals surface area contributed by atoms with Crippen LogP contribution in [0.4, 0.5) is 11.4 Å². The zero-order chi connectivity index (χ0) is 14.5. The van der Waals surface area contributed by atoms with E-state index >= 15 is 0 Å². The first kappa shape index (κ1) is 14.7. The number of rotatable bonds is 4. The Morgan fingerprint density at radius 2 is 1.95 bits per heavy atom. The highest BCUT2D eigenvalue weighted by atomic mass is 35.5. The SMILES string of the molecule is Cc1ccc(Cl)c(NCC(=O)Nc2cccc(Cl)c2)c1. The minimum Gasteiger partial charge on any atom is -0.375 e. The number of halogens is 2. The first-order valence-electron chi connectivity index (χ1n) is 6.10. The maximum absolute atomic E-state index is 11.8. The fourth-order valence-corrected chi connectivity index (χ4v) is 2.10. The summed E-state index contributed by atoms with van der Waals surface area (Å²) >= 11 is 11.9. The van der Waals surface area contributed by atoms with E-state index in [9.17, 15) is 4.79 Å². The van der Waals surface area contributed by atoms with Crippen LogP contribution in [0.15, 0.2) is 42.5 Å². The summed E-state index contributed by atoms with van der Waals surface area (Å²) in [5.74, 6) is -0.162. The summed E-state index contributed by atoms with van der Waals surface area (Å²) in [6.45, 7) is 2.10. The first-order chi connectivity index (χ1) is 9.54. The molecule has 0 bridgehead atoms. The van der Waals surface area contributed by atoms with Gasteiger partial charge in [0.2, 0.25) is 5.91 Å². The van der Waals surface area contributed by atoms with Crippen molar-refractivity contribution in [2.45, 2.75) is 6.92 Å². The van der Waals surface area contributed by atoms with Crippen molar-refractivity contribution < 1.29 is 4.79 Å². The minimum absolute atomic E-state index is 0.135. The topological polar surface area (TPSA) is 41.1 Å². The van der Waals surface area contributed by atoms with Gasteiger partial charge in [-0.1, -0.05) is 35.3 Å². The van der Waals surface area contributed by atoms with Crippen LogP contribution in [0.1, 0.15) is 5.56 Å². The van der Waals surface area contributed by atoms with Crippen LogP contribution in [0.2, 0.25) is 10.0 Å². The molecule has 0 saturated heterocycles. The monoisotopic (exact) mass is 308 g/mol. The molecule has 0 fully saturated rings. The normalized spacial score (nSPS) is 10.2. The molecule has 0 aromatic heterocycles. The number of carbonyl (C=O) groups is 1. The molecule has 2 aromatic rings. The lowest BCUT2D eigenvalue weighted by Crippen LogP contribution is -2.21. The van der Waals surface area contributed by atoms with E-state index < -0.39 is 0 Å². The lowest BCUT2D eigenvalue weighted by molar-refractivity contribution is -0.114. The summed E-state index contributed by atoms with van der Waals surface area (Å²) in [6.07, 6.45) is 0. The summed E-state index contributed by atoms with van der Waals surface area (Å²) in [6, 6.07) is 12.6. The van der Waals surface area contributed by atoms with Crippen molar-refractivity contribution >= 4 is 40.5 Å². The van der Waals surface area contributed by atoms with Crippen molar-refractivity contribution in [3.63, 3.8) is 0 Å². The van der Waals surface area contributed by atoms with Gasteiger partial charge in [-0.3, -0.25) is 4.79 Å². The van der Waals surface area contributed by atoms with Crippen LogP contribution in [0.5, 0.6) is 0 Å². The molecule has 2 N–H and O–H groups in total. The first-order valence-corrected chi connectivity index (χ1v) is 6.85. The van der Waals surface area contributed by atoms with Gasteiger partial charge in [-0.15, -0.1) is 0 Å². The molecule has 1 amide bonds. The quantitative estimate of drug-likeness (QED) is 0.881. The highest BCUT2D eigenvalue weighted by Gasteiger charge is 2.05. The van der Waals surface area contributed by atoms with Crippen LogP contribution < -0.4 is 10.6 Å². The van der Waals surface area contributed by atoms with Gasteiger partial charge in [0, 0.05) is 10.7 Å². The molecule has 0 spiro atoms. The van der Waals surface area contributed by atoms with Crippen LogP contribution in [-0.2, 0) is 4.79 Å². The smallest absolute Gasteiger partial charge is 0.243 e. The van der Waals surface area contributed by atoms with Gasteiger partial charge in [0.15, 0.2) is 0 Å². The van der Waals surface area contributed by atoms with Crippen molar-refractivity contribution in [3.05, 3.63) is 58.1 Å². The van der Waals surface area contributed by atoms with Crippen LogP contribution in [0, 0.1) is 6.92 Å². The Kier molecular flexibility index (Phi) is 4.88. The van der Waals surface area contributed by atoms with Crippen LogP contribution in [0.25, 0.3) is 0 Å². The lowest BCUT2D eigenvalue weighted by atomic mass is 10.2. The zero-order valence-electron chi connectivity index (χ0n) is 10.9. The molecule has 5 heteroatoms. The molecule has 0 aliphatic rings. The summed E-state index contributed by atoms with van der Waals surface area (Å²) < 4.78 is 0. The van der Waals surface area contributed by atoms with Gasteiger partial charge in [0.25, 0.3) is 0 Å². The summed E-state index contributed by atoms with van der Waals surface area (Å²) in [5.41, 5.74) is 2.49. The highest BCUT2D eigenvalue weighted by Crippen LogP contribution is 2.22. The minimum atomic E-state index is -0.162. The highest BCUT2D eigenvalue weighted by molar-refractivity contribution is 6.33. The van der Waals surface area contributed by atoms with Crippen LogP contribution >= 0.6 is 23.2 Å². The van der Waals surface area contributed by atoms with Crippen LogP contribution in [0.3, 0.4) is 0 Å². The lowest BCUT2D eigenvalue weighted by Gasteiger charge is -2.10. The molecule has 3 nitrogen and oxygen atoms in total. The molecule has 104 valence electrons. The molecular weight excluding hydrogens is 295 g/mol. The molecule has 0 aliphatic heterocycles. The number of carbonyl (C=O) groups excluding carboxylic acids is 1. The maximum atomic E-state index is 11.8. The van der Waals surface area contributed by atoms with Gasteiger partial charge in [0.05, 0.1) is 17.3 Å². The van der Waals surface area contributed by atoms with E-state index in [0.29, 0.717) is 15.7 Å². The molecular formula is C15H14Cl2N2O. The number of hydrogen-bond acceptors (Lipinski definition) is 2. The average Bonchev–Trinajstić information content (AvgIpc) is 2.40. The summed E-state index contributed by atoms with van der Waals surface area (Å²) in [5, 5.41) is 6.94. The van der Waals surface area contributed by atoms with Crippen molar-refractivity contribution in [3.8, 4) is 0 Å². The van der Waals surface area contributed by atoms with E-state index in [4.69, 9.17) is 23.2 Å². The molecule has 0 unspecified atom stereocenters. The van der Waals surface area contributed by atoms with Crippen molar-refractivity contribution in [2.24, 2.45) is 0 Å². The Bertz CT molecular complexity index is 629. The number of hydrogen-bond donors (Lipinski definition) is 2. The van der Waals surface area contributed by atoms with E-state index in [-0.39, 0.29) is 12.5 Å². The Labute approximate surface area is 127 Å². The van der Waals surface area contributed by atoms with Crippen molar-refractivity contribution in [2.75, 3.05) is 17.2 Å². The van der Waals surface area contributed by atoms with Gasteiger partial charge in [-0.05, 0) is 42.8 Å². The number of anilines is 2. The molecule has 0 aliphatic carbocycles. The van der Waals surface area contributed by atoms with Crippen molar-refractivity contribution in [1.82, 2.24) is 0 Å². The second-order valence-corrected chi connectivity index (χ2v) is 5.24. The summed E-state index contributed by atoms with van der Waals surface area (Å²) in [7, 11) is 0. The van der Waals surface area contributed by atoms with E-state index in [1.165, 1.54) is 0 Å². The second kappa shape index (κ2) is 6.64. The number of amides is 1. The molecule has 20 heavy (non-hydrogen) atoms. The number of nitrogens with one attached hydrogen (secondary N) is 2. The third-order valence-corrected chi connectivity index (χ3v) is 3.23. The predicted molar refractivity (Wildman–Crippen MR) is 84.8 cm³/mol. The molecule has 2 aromatic carbocycles. The fraction of sp³-hybridized carbons (Fsp3) is 0.133. The second-order valence-electron chi connectivity index (χ2n) is 4.40. The summed E-state index contributed by atoms with van der Waals surface area (Å²) in [4.78, 5) is 11.8. The fourth-order valence-electron chi connectivity index (χ4n) is 1.72. The van der Waals surface area contributed by atoms with Crippen molar-refractivity contribution in [1.29, 1.82) is 0 Å². The average molecular weight is 309 g/mol. The van der Waals surface area contributed by atoms with E-state index in [1.807, 2.05) is 19.1 Å². The molecule has 0 saturated carbocycles. The molecule has 0 radical (unpaired) electrons. The Balaban J connectivity index is 1.94. The third-order valence-electron chi connectivity index (χ3n) is 2.67. The molecule has 0 atom stereocenters. The van der Waals surface area contributed by atoms with Crippen LogP contribution in [-0.4, -0.2) is 12.5 Å². The van der Waals surface area contributed by atoms with Gasteiger partial charge in [-0.2, -0.15) is 0 Å². The number of benzene rings is 2. The Hall–Kier alpha value is -1.71. The predicted octanol–water partition coefficient (Wildman–Crippen LogP) is 4.35. The van der Waals surface area contributed by atoms with E-state index in [2.05, 4.69) is 10.6 Å². The van der Waals surface area contributed by atoms with E-state index in [0.717, 1.165) is 11.3 Å². The standard InChI is InChI=1S/C15H14Cl2N2O/c1-10-5-6-13(17)14(7-10)18-9-15(20)19-12-4-2-3-11(16)8-12/h2-8,18H,9H2,1H3,(H,19,20). The zero-order valence-corrected chi connectivity index (χ0v) is 12.4. The Morgan fingerprint density at radius 1 is 1.15 bits per heavy atom. The number of aryl methyl sites for hydroxylation is 1. The molecule has 2 rings (SSSR count). The van der Waals surface area contributed by atoms with Gasteiger partial charge in [-0.25, -0.2) is 0 Å². The van der Waals surface area contributed by atoms with Gasteiger partial charge < -0.3 is 10.6 Å². The Morgan fingerprint density at radius 3 is 2.70 bits per heavy atom. The van der Waals surface area contributed by atoms with Gasteiger partial charge in [0.1, 0.15) is 0 Å². The largest absolute Gasteiger partial charge is 0.375 e. The maximum Gasteiger partial charge on any atom is 0.243 e.